The zero-order valence-corrected chi connectivity index (χ0v) is 12.9. The average Bonchev–Trinajstić information content (AvgIpc) is 2.29. The van der Waals surface area contributed by atoms with Crippen LogP contribution in [0, 0.1) is 3.57 Å². The molecule has 0 bridgehead atoms. The summed E-state index contributed by atoms with van der Waals surface area (Å²) in [4.78, 5) is 22.9. The van der Waals surface area contributed by atoms with E-state index in [1.54, 1.807) is 13.0 Å². The molecule has 4 nitrogen and oxygen atoms in total. The quantitative estimate of drug-likeness (QED) is 0.611. The van der Waals surface area contributed by atoms with Gasteiger partial charge in [0.2, 0.25) is 0 Å². The third kappa shape index (κ3) is 4.63. The van der Waals surface area contributed by atoms with Crippen LogP contribution in [-0.2, 0) is 9.53 Å². The number of esters is 1. The molecule has 0 aliphatic carbocycles. The first-order valence-electron chi connectivity index (χ1n) is 4.93. The van der Waals surface area contributed by atoms with Crippen molar-refractivity contribution < 1.29 is 14.3 Å². The number of carbonyl (C=O) groups excluding carboxylic acids is 2. The van der Waals surface area contributed by atoms with Crippen molar-refractivity contribution in [1.29, 1.82) is 0 Å². The number of ether oxygens (including phenoxy) is 1. The van der Waals surface area contributed by atoms with Crippen LogP contribution in [0.2, 0.25) is 0 Å². The van der Waals surface area contributed by atoms with E-state index in [0.717, 1.165) is 8.04 Å². The van der Waals surface area contributed by atoms with Crippen molar-refractivity contribution in [3.63, 3.8) is 0 Å². The fourth-order valence-corrected chi connectivity index (χ4v) is 2.07. The minimum absolute atomic E-state index is 0.116. The van der Waals surface area contributed by atoms with Crippen LogP contribution in [0.5, 0.6) is 0 Å². The number of hydrogen-bond acceptors (Lipinski definition) is 3. The van der Waals surface area contributed by atoms with Crippen molar-refractivity contribution in [3.05, 3.63) is 31.8 Å². The molecule has 92 valence electrons. The van der Waals surface area contributed by atoms with E-state index in [4.69, 9.17) is 4.74 Å². The van der Waals surface area contributed by atoms with Crippen LogP contribution in [0.3, 0.4) is 0 Å². The van der Waals surface area contributed by atoms with Gasteiger partial charge in [-0.15, -0.1) is 0 Å². The molecule has 0 radical (unpaired) electrons. The highest BCUT2D eigenvalue weighted by molar-refractivity contribution is 14.1. The van der Waals surface area contributed by atoms with Gasteiger partial charge in [-0.2, -0.15) is 0 Å². The zero-order valence-electron chi connectivity index (χ0n) is 9.13. The second kappa shape index (κ2) is 6.95. The molecule has 0 aliphatic rings. The summed E-state index contributed by atoms with van der Waals surface area (Å²) in [5.74, 6) is -0.727. The molecule has 0 aromatic heterocycles. The van der Waals surface area contributed by atoms with Crippen LogP contribution in [-0.4, -0.2) is 25.0 Å². The highest BCUT2D eigenvalue weighted by Gasteiger charge is 2.11. The normalized spacial score (nSPS) is 9.82. The summed E-state index contributed by atoms with van der Waals surface area (Å²) >= 11 is 5.36. The maximum absolute atomic E-state index is 11.8. The molecular formula is C11H11BrINO3. The van der Waals surface area contributed by atoms with Crippen LogP contribution in [0.15, 0.2) is 22.7 Å². The van der Waals surface area contributed by atoms with Gasteiger partial charge in [-0.3, -0.25) is 9.59 Å². The molecule has 0 unspecified atom stereocenters. The third-order valence-corrected chi connectivity index (χ3v) is 3.31. The Hall–Kier alpha value is -0.630. The molecule has 1 amide bonds. The summed E-state index contributed by atoms with van der Waals surface area (Å²) in [6.45, 7) is 1.91. The van der Waals surface area contributed by atoms with Crippen molar-refractivity contribution in [3.8, 4) is 0 Å². The number of carbonyl (C=O) groups is 2. The maximum Gasteiger partial charge on any atom is 0.325 e. The van der Waals surface area contributed by atoms with E-state index in [1.165, 1.54) is 0 Å². The van der Waals surface area contributed by atoms with Gasteiger partial charge in [0.1, 0.15) is 6.54 Å². The van der Waals surface area contributed by atoms with Crippen molar-refractivity contribution in [2.24, 2.45) is 0 Å². The van der Waals surface area contributed by atoms with Gasteiger partial charge in [-0.1, -0.05) is 15.9 Å². The van der Waals surface area contributed by atoms with Crippen LogP contribution < -0.4 is 5.32 Å². The highest BCUT2D eigenvalue weighted by atomic mass is 127. The largest absolute Gasteiger partial charge is 0.465 e. The summed E-state index contributed by atoms with van der Waals surface area (Å²) in [6, 6.07) is 5.39. The van der Waals surface area contributed by atoms with Crippen molar-refractivity contribution in [2.75, 3.05) is 13.2 Å². The maximum atomic E-state index is 11.8. The minimum atomic E-state index is -0.439. The lowest BCUT2D eigenvalue weighted by atomic mass is 10.2. The number of benzene rings is 1. The second-order valence-electron chi connectivity index (χ2n) is 3.11. The first-order valence-corrected chi connectivity index (χ1v) is 6.80. The van der Waals surface area contributed by atoms with Gasteiger partial charge in [0, 0.05) is 8.04 Å². The topological polar surface area (TPSA) is 55.4 Å². The molecular weight excluding hydrogens is 401 g/mol. The van der Waals surface area contributed by atoms with Crippen LogP contribution in [0.1, 0.15) is 17.3 Å². The molecule has 0 aliphatic heterocycles. The fraction of sp³-hybridized carbons (Fsp3) is 0.273. The van der Waals surface area contributed by atoms with Gasteiger partial charge in [-0.05, 0) is 47.7 Å². The third-order valence-electron chi connectivity index (χ3n) is 1.87. The Bertz CT molecular complexity index is 437. The first kappa shape index (κ1) is 14.4. The summed E-state index contributed by atoms with van der Waals surface area (Å²) in [7, 11) is 0. The van der Waals surface area contributed by atoms with Gasteiger partial charge in [0.15, 0.2) is 0 Å². The van der Waals surface area contributed by atoms with E-state index >= 15 is 0 Å². The molecule has 1 aromatic carbocycles. The Balaban J connectivity index is 2.64. The molecule has 0 saturated carbocycles. The fourth-order valence-electron chi connectivity index (χ4n) is 1.13. The van der Waals surface area contributed by atoms with E-state index in [-0.39, 0.29) is 12.5 Å². The van der Waals surface area contributed by atoms with E-state index in [1.807, 2.05) is 12.1 Å². The lowest BCUT2D eigenvalue weighted by Crippen LogP contribution is -2.31. The van der Waals surface area contributed by atoms with E-state index in [0.29, 0.717) is 12.2 Å². The Morgan fingerprint density at radius 1 is 1.47 bits per heavy atom. The summed E-state index contributed by atoms with van der Waals surface area (Å²) in [5, 5.41) is 2.51. The number of hydrogen-bond donors (Lipinski definition) is 1. The molecule has 0 fully saturated rings. The van der Waals surface area contributed by atoms with Gasteiger partial charge < -0.3 is 10.1 Å². The standard InChI is InChI=1S/C11H11BrINO3/c1-2-17-10(15)6-14-11(16)8-5-7(12)3-4-9(8)13/h3-5H,2,6H2,1H3,(H,14,16). The number of halogens is 2. The molecule has 1 N–H and O–H groups in total. The lowest BCUT2D eigenvalue weighted by molar-refractivity contribution is -0.141. The molecule has 6 heteroatoms. The molecule has 1 aromatic rings. The van der Waals surface area contributed by atoms with E-state index in [9.17, 15) is 9.59 Å². The average molecular weight is 412 g/mol. The highest BCUT2D eigenvalue weighted by Crippen LogP contribution is 2.18. The second-order valence-corrected chi connectivity index (χ2v) is 5.19. The molecule has 0 saturated heterocycles. The van der Waals surface area contributed by atoms with Crippen molar-refractivity contribution in [2.45, 2.75) is 6.92 Å². The summed E-state index contributed by atoms with van der Waals surface area (Å²) in [6.07, 6.45) is 0. The molecule has 0 heterocycles. The molecule has 0 atom stereocenters. The molecule has 0 spiro atoms. The van der Waals surface area contributed by atoms with Crippen molar-refractivity contribution >= 4 is 50.4 Å². The van der Waals surface area contributed by atoms with Gasteiger partial charge in [-0.25, -0.2) is 0 Å². The Kier molecular flexibility index (Phi) is 5.90. The predicted molar refractivity (Wildman–Crippen MR) is 75.8 cm³/mol. The minimum Gasteiger partial charge on any atom is -0.465 e. The SMILES string of the molecule is CCOC(=O)CNC(=O)c1cc(Br)ccc1I. The molecule has 17 heavy (non-hydrogen) atoms. The van der Waals surface area contributed by atoms with E-state index < -0.39 is 5.97 Å². The number of rotatable bonds is 4. The smallest absolute Gasteiger partial charge is 0.325 e. The zero-order chi connectivity index (χ0) is 12.8. The van der Waals surface area contributed by atoms with Crippen LogP contribution in [0.25, 0.3) is 0 Å². The summed E-state index contributed by atoms with van der Waals surface area (Å²) in [5.41, 5.74) is 0.532. The van der Waals surface area contributed by atoms with Crippen molar-refractivity contribution in [1.82, 2.24) is 5.32 Å². The van der Waals surface area contributed by atoms with Gasteiger partial charge in [0.05, 0.1) is 12.2 Å². The Morgan fingerprint density at radius 2 is 2.18 bits per heavy atom. The van der Waals surface area contributed by atoms with Gasteiger partial charge in [0.25, 0.3) is 5.91 Å². The monoisotopic (exact) mass is 411 g/mol. The predicted octanol–water partition coefficient (Wildman–Crippen LogP) is 2.35. The first-order chi connectivity index (χ1) is 8.04. The molecule has 1 rings (SSSR count). The Morgan fingerprint density at radius 3 is 2.82 bits per heavy atom. The van der Waals surface area contributed by atoms with E-state index in [2.05, 4.69) is 43.8 Å². The number of amides is 1. The number of nitrogens with one attached hydrogen (secondary N) is 1. The summed E-state index contributed by atoms with van der Waals surface area (Å²) < 4.78 is 6.36. The Labute approximate surface area is 121 Å². The lowest BCUT2D eigenvalue weighted by Gasteiger charge is -2.07. The van der Waals surface area contributed by atoms with Crippen LogP contribution in [0.4, 0.5) is 0 Å². The van der Waals surface area contributed by atoms with Gasteiger partial charge >= 0.3 is 5.97 Å². The van der Waals surface area contributed by atoms with Crippen LogP contribution >= 0.6 is 38.5 Å².